The third-order valence-corrected chi connectivity index (χ3v) is 11.4. The number of rotatable bonds is 10. The van der Waals surface area contributed by atoms with Crippen molar-refractivity contribution >= 4 is 41.5 Å². The van der Waals surface area contributed by atoms with Crippen LogP contribution in [0.1, 0.15) is 52.1 Å². The van der Waals surface area contributed by atoms with Gasteiger partial charge in [-0.1, -0.05) is 65.7 Å². The Morgan fingerprint density at radius 3 is 2.42 bits per heavy atom. The van der Waals surface area contributed by atoms with Gasteiger partial charge >= 0.3 is 0 Å². The van der Waals surface area contributed by atoms with Crippen LogP contribution in [-0.4, -0.2) is 58.7 Å². The molecule has 3 aliphatic rings. The van der Waals surface area contributed by atoms with Crippen molar-refractivity contribution in [2.75, 3.05) is 13.2 Å². The van der Waals surface area contributed by atoms with Gasteiger partial charge in [-0.15, -0.1) is 0 Å². The second kappa shape index (κ2) is 18.8. The summed E-state index contributed by atoms with van der Waals surface area (Å²) in [6.07, 6.45) is 3.52. The molecule has 3 N–H and O–H groups in total. The molecule has 3 unspecified atom stereocenters. The molecule has 3 atom stereocenters. The molecule has 0 aliphatic carbocycles. The average molecular weight is 852 g/mol. The highest BCUT2D eigenvalue weighted by molar-refractivity contribution is 6.42. The first-order chi connectivity index (χ1) is 29.0. The maximum Gasteiger partial charge on any atom is 0.290 e. The number of fused-ring (bicyclic) bond motifs is 2. The highest BCUT2D eigenvalue weighted by Crippen LogP contribution is 2.41. The standard InChI is InChI=1S/C45H42Cl2N4O6.CH2O2/c1-26-27(2)48-17-15-36(26)31-7-4-29(5-8-31)14-16-49-44(52)40-19-33-20-41-42(21-34(33)22-51(40)45(53)39-24-54-28(3)50-39)57-43(25-56-41)32-9-11-35(12-10-32)55-23-30-6-13-37(46)38(47)18-30;2-1-3/h4-13,15,17-18,20-21,24,28,40,43,50H,14,16,19,22-23,25H2,1-3H3,(H,49,52);1H,(H,2,3). The van der Waals surface area contributed by atoms with Gasteiger partial charge in [0.1, 0.15) is 37.0 Å². The number of halogens is 2. The molecule has 60 heavy (non-hydrogen) atoms. The fourth-order valence-electron chi connectivity index (χ4n) is 7.31. The Labute approximate surface area is 358 Å². The van der Waals surface area contributed by atoms with E-state index in [1.165, 1.54) is 6.26 Å². The number of carboxylic acid groups (broad SMARTS) is 1. The number of benzene rings is 4. The molecular weight excluding hydrogens is 807 g/mol. The summed E-state index contributed by atoms with van der Waals surface area (Å²) >= 11 is 12.2. The van der Waals surface area contributed by atoms with E-state index < -0.39 is 6.04 Å². The molecule has 3 aliphatic heterocycles. The summed E-state index contributed by atoms with van der Waals surface area (Å²) in [7, 11) is 0. The molecule has 0 bridgehead atoms. The molecule has 310 valence electrons. The van der Waals surface area contributed by atoms with E-state index in [-0.39, 0.29) is 37.2 Å². The van der Waals surface area contributed by atoms with Crippen molar-refractivity contribution in [2.45, 2.75) is 65.1 Å². The molecule has 4 heterocycles. The van der Waals surface area contributed by atoms with Gasteiger partial charge in [0, 0.05) is 31.4 Å². The van der Waals surface area contributed by atoms with Gasteiger partial charge in [-0.05, 0) is 114 Å². The smallest absolute Gasteiger partial charge is 0.290 e. The van der Waals surface area contributed by atoms with E-state index in [9.17, 15) is 9.59 Å². The SMILES string of the molecule is Cc1nccc(-c2ccc(CCNC(=O)C3Cc4cc5c(cc4CN3C(=O)C3=COC(C)N3)OC(c3ccc(OCc4ccc(Cl)c(Cl)c4)cc3)CO5)cc2)c1C.O=CO. The number of nitrogens with one attached hydrogen (secondary N) is 2. The summed E-state index contributed by atoms with van der Waals surface area (Å²) in [4.78, 5) is 42.2. The molecule has 5 aromatic rings. The summed E-state index contributed by atoms with van der Waals surface area (Å²) in [5.41, 5.74) is 9.51. The van der Waals surface area contributed by atoms with Crippen LogP contribution in [0.5, 0.6) is 17.2 Å². The Morgan fingerprint density at radius 1 is 0.967 bits per heavy atom. The van der Waals surface area contributed by atoms with Crippen LogP contribution in [0.4, 0.5) is 0 Å². The van der Waals surface area contributed by atoms with E-state index in [1.54, 1.807) is 17.0 Å². The lowest BCUT2D eigenvalue weighted by Crippen LogP contribution is -2.54. The number of hydrogen-bond donors (Lipinski definition) is 3. The van der Waals surface area contributed by atoms with Crippen LogP contribution >= 0.6 is 23.2 Å². The Bertz CT molecular complexity index is 2410. The number of hydrogen-bond acceptors (Lipinski definition) is 9. The van der Waals surface area contributed by atoms with Crippen LogP contribution < -0.4 is 24.8 Å². The molecule has 12 nitrogen and oxygen atoms in total. The summed E-state index contributed by atoms with van der Waals surface area (Å²) in [5.74, 6) is 1.35. The summed E-state index contributed by atoms with van der Waals surface area (Å²) < 4.78 is 24.2. The van der Waals surface area contributed by atoms with Crippen LogP contribution in [-0.2, 0) is 45.1 Å². The zero-order chi connectivity index (χ0) is 42.3. The van der Waals surface area contributed by atoms with E-state index in [4.69, 9.17) is 52.1 Å². The van der Waals surface area contributed by atoms with E-state index in [1.807, 2.05) is 68.6 Å². The normalized spacial score (nSPS) is 17.4. The first-order valence-corrected chi connectivity index (χ1v) is 20.2. The molecule has 0 saturated carbocycles. The number of carbonyl (C=O) groups excluding carboxylic acids is 2. The van der Waals surface area contributed by atoms with Crippen molar-refractivity contribution in [1.29, 1.82) is 0 Å². The second-order valence-corrected chi connectivity index (χ2v) is 15.4. The van der Waals surface area contributed by atoms with Gasteiger partial charge in [-0.3, -0.25) is 19.4 Å². The van der Waals surface area contributed by atoms with Crippen molar-refractivity contribution in [1.82, 2.24) is 20.5 Å². The Balaban J connectivity index is 0.00000176. The van der Waals surface area contributed by atoms with Gasteiger partial charge in [0.2, 0.25) is 5.91 Å². The third-order valence-electron chi connectivity index (χ3n) is 10.7. The molecule has 0 fully saturated rings. The van der Waals surface area contributed by atoms with Gasteiger partial charge in [-0.2, -0.15) is 0 Å². The maximum atomic E-state index is 13.9. The van der Waals surface area contributed by atoms with E-state index >= 15 is 0 Å². The summed E-state index contributed by atoms with van der Waals surface area (Å²) in [5, 5.41) is 14.0. The molecule has 14 heteroatoms. The summed E-state index contributed by atoms with van der Waals surface area (Å²) in [6, 6.07) is 26.6. The molecule has 1 aromatic heterocycles. The van der Waals surface area contributed by atoms with Crippen molar-refractivity contribution in [3.05, 3.63) is 152 Å². The van der Waals surface area contributed by atoms with Crippen LogP contribution in [0.15, 0.2) is 103 Å². The number of carbonyl (C=O) groups is 3. The molecule has 0 radical (unpaired) electrons. The quantitative estimate of drug-likeness (QED) is 0.119. The predicted octanol–water partition coefficient (Wildman–Crippen LogP) is 7.88. The van der Waals surface area contributed by atoms with Crippen LogP contribution in [0.3, 0.4) is 0 Å². The van der Waals surface area contributed by atoms with Gasteiger partial charge in [0.05, 0.1) is 10.0 Å². The largest absolute Gasteiger partial charge is 0.489 e. The number of pyridine rings is 1. The zero-order valence-corrected chi connectivity index (χ0v) is 34.8. The highest BCUT2D eigenvalue weighted by Gasteiger charge is 2.38. The number of aromatic nitrogens is 1. The number of aryl methyl sites for hydroxylation is 1. The first kappa shape index (κ1) is 41.9. The van der Waals surface area contributed by atoms with Crippen LogP contribution in [0.25, 0.3) is 11.1 Å². The Kier molecular flexibility index (Phi) is 13.1. The molecular formula is C46H44Cl2N4O8. The molecule has 0 saturated heterocycles. The van der Waals surface area contributed by atoms with Crippen molar-refractivity contribution < 1.29 is 38.4 Å². The fraction of sp³-hybridized carbons (Fsp3) is 0.261. The van der Waals surface area contributed by atoms with E-state index in [0.717, 1.165) is 50.2 Å². The van der Waals surface area contributed by atoms with Crippen LogP contribution in [0, 0.1) is 13.8 Å². The van der Waals surface area contributed by atoms with Gasteiger partial charge in [-0.25, -0.2) is 0 Å². The Hall–Kier alpha value is -6.24. The van der Waals surface area contributed by atoms with E-state index in [0.29, 0.717) is 65.6 Å². The van der Waals surface area contributed by atoms with E-state index in [2.05, 4.69) is 46.8 Å². The first-order valence-electron chi connectivity index (χ1n) is 19.4. The minimum Gasteiger partial charge on any atom is -0.489 e. The molecule has 8 rings (SSSR count). The van der Waals surface area contributed by atoms with Gasteiger partial charge in [0.15, 0.2) is 23.8 Å². The van der Waals surface area contributed by atoms with Crippen molar-refractivity contribution in [3.8, 4) is 28.4 Å². The topological polar surface area (TPSA) is 149 Å². The third kappa shape index (κ3) is 9.62. The lowest BCUT2D eigenvalue weighted by Gasteiger charge is -2.37. The fourth-order valence-corrected chi connectivity index (χ4v) is 7.63. The van der Waals surface area contributed by atoms with Gasteiger partial charge < -0.3 is 39.6 Å². The Morgan fingerprint density at radius 2 is 1.70 bits per heavy atom. The lowest BCUT2D eigenvalue weighted by molar-refractivity contribution is -0.139. The zero-order valence-electron chi connectivity index (χ0n) is 33.2. The van der Waals surface area contributed by atoms with Crippen LogP contribution in [0.2, 0.25) is 10.0 Å². The minimum absolute atomic E-state index is 0.210. The van der Waals surface area contributed by atoms with Crippen molar-refractivity contribution in [2.24, 2.45) is 0 Å². The number of nitrogens with zero attached hydrogens (tertiary/aromatic N) is 2. The van der Waals surface area contributed by atoms with Gasteiger partial charge in [0.25, 0.3) is 12.4 Å². The number of ether oxygens (including phenoxy) is 4. The highest BCUT2D eigenvalue weighted by atomic mass is 35.5. The average Bonchev–Trinajstić information content (AvgIpc) is 3.70. The lowest BCUT2D eigenvalue weighted by atomic mass is 9.92. The predicted molar refractivity (Wildman–Crippen MR) is 227 cm³/mol. The maximum absolute atomic E-state index is 13.9. The molecule has 2 amide bonds. The number of amides is 2. The second-order valence-electron chi connectivity index (χ2n) is 14.6. The molecule has 4 aromatic carbocycles. The minimum atomic E-state index is -0.739. The monoisotopic (exact) mass is 850 g/mol. The van der Waals surface area contributed by atoms with Crippen molar-refractivity contribution in [3.63, 3.8) is 0 Å². The summed E-state index contributed by atoms with van der Waals surface area (Å²) in [6.45, 7) is 6.95. The molecule has 0 spiro atoms.